The number of carbonyl (C=O) groups is 1. The largest absolute Gasteiger partial charge is 0.466 e. The van der Waals surface area contributed by atoms with Crippen molar-refractivity contribution in [1.82, 2.24) is 15.2 Å². The maximum atomic E-state index is 12.9. The highest BCUT2D eigenvalue weighted by atomic mass is 19.1. The summed E-state index contributed by atoms with van der Waals surface area (Å²) >= 11 is 0. The van der Waals surface area contributed by atoms with Crippen LogP contribution in [0.15, 0.2) is 18.2 Å². The second-order valence-electron chi connectivity index (χ2n) is 3.34. The van der Waals surface area contributed by atoms with E-state index in [4.69, 9.17) is 4.74 Å². The van der Waals surface area contributed by atoms with Gasteiger partial charge in [0.2, 0.25) is 0 Å². The molecule has 0 bridgehead atoms. The topological polar surface area (TPSA) is 65.0 Å². The van der Waals surface area contributed by atoms with Crippen LogP contribution in [-0.4, -0.2) is 27.8 Å². The Bertz CT molecular complexity index is 559. The Hall–Kier alpha value is -2.11. The molecular formula is C11H10FN3O2. The number of benzene rings is 1. The number of ether oxygens (including phenoxy) is 1. The summed E-state index contributed by atoms with van der Waals surface area (Å²) in [6, 6.07) is 4.02. The second kappa shape index (κ2) is 4.82. The lowest BCUT2D eigenvalue weighted by molar-refractivity contribution is -0.142. The molecule has 0 fully saturated rings. The lowest BCUT2D eigenvalue weighted by Gasteiger charge is -2.01. The molecular weight excluding hydrogens is 225 g/mol. The molecule has 2 aromatic rings. The minimum Gasteiger partial charge on any atom is -0.466 e. The minimum absolute atomic E-state index is 0.0336. The normalized spacial score (nSPS) is 10.5. The predicted octanol–water partition coefficient (Wildman–Crippen LogP) is 1.27. The van der Waals surface area contributed by atoms with Gasteiger partial charge < -0.3 is 4.74 Å². The van der Waals surface area contributed by atoms with E-state index in [1.807, 2.05) is 0 Å². The minimum atomic E-state index is -0.407. The molecule has 0 saturated heterocycles. The fourth-order valence-corrected chi connectivity index (χ4v) is 1.36. The van der Waals surface area contributed by atoms with Gasteiger partial charge in [-0.3, -0.25) is 4.79 Å². The van der Waals surface area contributed by atoms with Crippen molar-refractivity contribution in [2.24, 2.45) is 0 Å². The van der Waals surface area contributed by atoms with Crippen LogP contribution in [0.25, 0.3) is 11.0 Å². The zero-order valence-corrected chi connectivity index (χ0v) is 9.18. The number of hydrogen-bond acceptors (Lipinski definition) is 5. The summed E-state index contributed by atoms with van der Waals surface area (Å²) in [6.45, 7) is 2.03. The van der Waals surface area contributed by atoms with Gasteiger partial charge in [-0.15, -0.1) is 10.2 Å². The first-order valence-electron chi connectivity index (χ1n) is 5.13. The van der Waals surface area contributed by atoms with Gasteiger partial charge in [-0.05, 0) is 19.1 Å². The molecule has 0 aliphatic carbocycles. The summed E-state index contributed by atoms with van der Waals surface area (Å²) in [5, 5.41) is 7.54. The van der Waals surface area contributed by atoms with Gasteiger partial charge in [0.05, 0.1) is 12.1 Å². The molecule has 0 saturated carbocycles. The van der Waals surface area contributed by atoms with Gasteiger partial charge in [0.15, 0.2) is 5.82 Å². The van der Waals surface area contributed by atoms with Crippen molar-refractivity contribution in [3.05, 3.63) is 29.8 Å². The fourth-order valence-electron chi connectivity index (χ4n) is 1.36. The number of rotatable bonds is 3. The van der Waals surface area contributed by atoms with E-state index in [0.29, 0.717) is 17.6 Å². The van der Waals surface area contributed by atoms with Gasteiger partial charge in [-0.25, -0.2) is 9.37 Å². The zero-order chi connectivity index (χ0) is 12.3. The van der Waals surface area contributed by atoms with Gasteiger partial charge in [-0.1, -0.05) is 0 Å². The highest BCUT2D eigenvalue weighted by Gasteiger charge is 2.08. The van der Waals surface area contributed by atoms with Crippen molar-refractivity contribution >= 4 is 17.0 Å². The van der Waals surface area contributed by atoms with Crippen molar-refractivity contribution in [1.29, 1.82) is 0 Å². The molecule has 1 aromatic carbocycles. The summed E-state index contributed by atoms with van der Waals surface area (Å²) in [6.07, 6.45) is -0.0336. The molecule has 0 amide bonds. The zero-order valence-electron chi connectivity index (χ0n) is 9.18. The van der Waals surface area contributed by atoms with Crippen LogP contribution < -0.4 is 0 Å². The average molecular weight is 235 g/mol. The Balaban J connectivity index is 2.26. The Morgan fingerprint density at radius 2 is 2.18 bits per heavy atom. The van der Waals surface area contributed by atoms with Gasteiger partial charge in [0.1, 0.15) is 17.8 Å². The molecule has 6 heteroatoms. The molecule has 0 aliphatic heterocycles. The van der Waals surface area contributed by atoms with Gasteiger partial charge in [-0.2, -0.15) is 0 Å². The number of carbonyl (C=O) groups excluding carboxylic acids is 1. The van der Waals surface area contributed by atoms with E-state index >= 15 is 0 Å². The van der Waals surface area contributed by atoms with Gasteiger partial charge in [0, 0.05) is 6.07 Å². The van der Waals surface area contributed by atoms with Gasteiger partial charge in [0.25, 0.3) is 0 Å². The quantitative estimate of drug-likeness (QED) is 0.749. The van der Waals surface area contributed by atoms with Crippen LogP contribution in [0.2, 0.25) is 0 Å². The number of halogens is 1. The smallest absolute Gasteiger partial charge is 0.313 e. The summed E-state index contributed by atoms with van der Waals surface area (Å²) in [5.74, 6) is -0.537. The SMILES string of the molecule is CCOC(=O)Cc1nnc2cc(F)ccc2n1. The number of nitrogens with zero attached hydrogens (tertiary/aromatic N) is 3. The van der Waals surface area contributed by atoms with Crippen molar-refractivity contribution in [2.75, 3.05) is 6.61 Å². The average Bonchev–Trinajstić information content (AvgIpc) is 2.29. The standard InChI is InChI=1S/C11H10FN3O2/c1-2-17-11(16)6-10-13-8-4-3-7(12)5-9(8)14-15-10/h3-5H,2,6H2,1H3. The van der Waals surface area contributed by atoms with Crippen molar-refractivity contribution in [2.45, 2.75) is 13.3 Å². The maximum absolute atomic E-state index is 12.9. The first-order valence-corrected chi connectivity index (χ1v) is 5.13. The highest BCUT2D eigenvalue weighted by molar-refractivity contribution is 5.75. The third-order valence-corrected chi connectivity index (χ3v) is 2.07. The summed E-state index contributed by atoms with van der Waals surface area (Å²) in [4.78, 5) is 15.3. The summed E-state index contributed by atoms with van der Waals surface area (Å²) in [7, 11) is 0. The molecule has 2 rings (SSSR count). The molecule has 0 radical (unpaired) electrons. The number of hydrogen-bond donors (Lipinski definition) is 0. The first kappa shape index (κ1) is 11.4. The van der Waals surface area contributed by atoms with Crippen molar-refractivity contribution in [3.63, 3.8) is 0 Å². The predicted molar refractivity (Wildman–Crippen MR) is 57.6 cm³/mol. The van der Waals surface area contributed by atoms with Crippen LogP contribution in [0.1, 0.15) is 12.7 Å². The monoisotopic (exact) mass is 235 g/mol. The van der Waals surface area contributed by atoms with Crippen LogP contribution in [0, 0.1) is 5.82 Å². The van der Waals surface area contributed by atoms with E-state index in [2.05, 4.69) is 15.2 Å². The molecule has 5 nitrogen and oxygen atoms in total. The van der Waals surface area contributed by atoms with E-state index in [0.717, 1.165) is 0 Å². The second-order valence-corrected chi connectivity index (χ2v) is 3.34. The number of aromatic nitrogens is 3. The van der Waals surface area contributed by atoms with Crippen molar-refractivity contribution in [3.8, 4) is 0 Å². The Labute approximate surface area is 96.6 Å². The van der Waals surface area contributed by atoms with E-state index in [1.54, 1.807) is 6.92 Å². The number of esters is 1. The molecule has 88 valence electrons. The Morgan fingerprint density at radius 3 is 2.94 bits per heavy atom. The lowest BCUT2D eigenvalue weighted by atomic mass is 10.3. The lowest BCUT2D eigenvalue weighted by Crippen LogP contribution is -2.11. The highest BCUT2D eigenvalue weighted by Crippen LogP contribution is 2.10. The molecule has 0 aliphatic rings. The van der Waals surface area contributed by atoms with Crippen LogP contribution in [-0.2, 0) is 16.0 Å². The third-order valence-electron chi connectivity index (χ3n) is 2.07. The van der Waals surface area contributed by atoms with E-state index in [-0.39, 0.29) is 12.2 Å². The maximum Gasteiger partial charge on any atom is 0.313 e. The van der Waals surface area contributed by atoms with Crippen LogP contribution in [0.4, 0.5) is 4.39 Å². The summed E-state index contributed by atoms with van der Waals surface area (Å²) < 4.78 is 17.6. The molecule has 0 atom stereocenters. The van der Waals surface area contributed by atoms with Crippen LogP contribution in [0.5, 0.6) is 0 Å². The van der Waals surface area contributed by atoms with E-state index < -0.39 is 11.8 Å². The molecule has 0 unspecified atom stereocenters. The molecule has 0 spiro atoms. The fraction of sp³-hybridized carbons (Fsp3) is 0.273. The van der Waals surface area contributed by atoms with Crippen LogP contribution in [0.3, 0.4) is 0 Å². The molecule has 1 heterocycles. The summed E-state index contributed by atoms with van der Waals surface area (Å²) in [5.41, 5.74) is 0.860. The molecule has 0 N–H and O–H groups in total. The van der Waals surface area contributed by atoms with E-state index in [1.165, 1.54) is 18.2 Å². The third kappa shape index (κ3) is 2.72. The Morgan fingerprint density at radius 1 is 1.35 bits per heavy atom. The van der Waals surface area contributed by atoms with Crippen molar-refractivity contribution < 1.29 is 13.9 Å². The Kier molecular flexibility index (Phi) is 3.22. The first-order chi connectivity index (χ1) is 8.19. The van der Waals surface area contributed by atoms with Gasteiger partial charge >= 0.3 is 5.97 Å². The van der Waals surface area contributed by atoms with E-state index in [9.17, 15) is 9.18 Å². The molecule has 1 aromatic heterocycles. The van der Waals surface area contributed by atoms with Crippen LogP contribution >= 0.6 is 0 Å². The number of fused-ring (bicyclic) bond motifs is 1. The molecule has 17 heavy (non-hydrogen) atoms.